The average molecular weight is 421 g/mol. The number of rotatable bonds is 4. The monoisotopic (exact) mass is 421 g/mol. The van der Waals surface area contributed by atoms with Crippen LogP contribution in [0.25, 0.3) is 0 Å². The Bertz CT molecular complexity index is 758. The summed E-state index contributed by atoms with van der Waals surface area (Å²) in [6.45, 7) is -0.290. The predicted molar refractivity (Wildman–Crippen MR) is 96.5 cm³/mol. The van der Waals surface area contributed by atoms with Crippen LogP contribution in [0.2, 0.25) is 0 Å². The summed E-state index contributed by atoms with van der Waals surface area (Å²) in [6.07, 6.45) is 3.33. The smallest absolute Gasteiger partial charge is 0.338 e. The number of nitrogens with one attached hydrogen (secondary N) is 1. The Kier molecular flexibility index (Phi) is 4.95. The van der Waals surface area contributed by atoms with Crippen molar-refractivity contribution in [2.75, 3.05) is 11.9 Å². The highest BCUT2D eigenvalue weighted by Gasteiger charge is 2.13. The van der Waals surface area contributed by atoms with Gasteiger partial charge in [-0.25, -0.2) is 4.79 Å². The van der Waals surface area contributed by atoms with Gasteiger partial charge in [0, 0.05) is 9.26 Å². The van der Waals surface area contributed by atoms with Gasteiger partial charge in [-0.3, -0.25) is 4.79 Å². The molecule has 0 unspecified atom stereocenters. The maximum Gasteiger partial charge on any atom is 0.338 e. The van der Waals surface area contributed by atoms with Gasteiger partial charge in [0.1, 0.15) is 0 Å². The lowest BCUT2D eigenvalue weighted by Crippen LogP contribution is -2.21. The van der Waals surface area contributed by atoms with Crippen LogP contribution in [0.1, 0.15) is 27.9 Å². The quantitative estimate of drug-likeness (QED) is 0.607. The summed E-state index contributed by atoms with van der Waals surface area (Å²) in [4.78, 5) is 23.8. The third kappa shape index (κ3) is 4.10. The second-order valence-electron chi connectivity index (χ2n) is 5.47. The van der Waals surface area contributed by atoms with E-state index < -0.39 is 5.97 Å². The largest absolute Gasteiger partial charge is 0.452 e. The van der Waals surface area contributed by atoms with Crippen LogP contribution in [0.3, 0.4) is 0 Å². The van der Waals surface area contributed by atoms with Crippen LogP contribution in [0.4, 0.5) is 5.69 Å². The van der Waals surface area contributed by atoms with Crippen molar-refractivity contribution in [3.8, 4) is 0 Å². The molecule has 0 aliphatic heterocycles. The molecule has 1 amide bonds. The normalized spacial score (nSPS) is 12.6. The van der Waals surface area contributed by atoms with E-state index in [-0.39, 0.29) is 12.5 Å². The average Bonchev–Trinajstić information content (AvgIpc) is 3.00. The molecule has 5 heteroatoms. The van der Waals surface area contributed by atoms with Gasteiger partial charge in [0.05, 0.1) is 5.56 Å². The minimum Gasteiger partial charge on any atom is -0.452 e. The van der Waals surface area contributed by atoms with Gasteiger partial charge in [-0.1, -0.05) is 12.1 Å². The number of aryl methyl sites for hydroxylation is 2. The van der Waals surface area contributed by atoms with Crippen molar-refractivity contribution >= 4 is 40.2 Å². The lowest BCUT2D eigenvalue weighted by atomic mass is 10.1. The molecule has 0 heterocycles. The molecule has 118 valence electrons. The maximum absolute atomic E-state index is 11.9. The van der Waals surface area contributed by atoms with Crippen molar-refractivity contribution in [3.63, 3.8) is 0 Å². The second kappa shape index (κ2) is 7.12. The first-order valence-electron chi connectivity index (χ1n) is 7.46. The van der Waals surface area contributed by atoms with Crippen molar-refractivity contribution < 1.29 is 14.3 Å². The summed E-state index contributed by atoms with van der Waals surface area (Å²) in [5, 5.41) is 2.77. The molecule has 0 atom stereocenters. The van der Waals surface area contributed by atoms with Gasteiger partial charge in [-0.2, -0.15) is 0 Å². The van der Waals surface area contributed by atoms with Crippen molar-refractivity contribution in [2.45, 2.75) is 19.3 Å². The van der Waals surface area contributed by atoms with Gasteiger partial charge < -0.3 is 10.1 Å². The fraction of sp³-hybridized carbons (Fsp3) is 0.222. The fourth-order valence-electron chi connectivity index (χ4n) is 2.68. The number of carbonyl (C=O) groups is 2. The van der Waals surface area contributed by atoms with E-state index in [4.69, 9.17) is 4.74 Å². The second-order valence-corrected chi connectivity index (χ2v) is 6.72. The zero-order valence-electron chi connectivity index (χ0n) is 12.5. The van der Waals surface area contributed by atoms with Crippen LogP contribution in [-0.4, -0.2) is 18.5 Å². The molecule has 0 bridgehead atoms. The van der Waals surface area contributed by atoms with E-state index in [2.05, 4.69) is 34.0 Å². The zero-order valence-corrected chi connectivity index (χ0v) is 14.6. The van der Waals surface area contributed by atoms with Crippen molar-refractivity contribution in [2.24, 2.45) is 0 Å². The Hall–Kier alpha value is -1.89. The van der Waals surface area contributed by atoms with Gasteiger partial charge in [0.15, 0.2) is 6.61 Å². The van der Waals surface area contributed by atoms with E-state index >= 15 is 0 Å². The summed E-state index contributed by atoms with van der Waals surface area (Å²) in [6, 6.07) is 13.0. The highest BCUT2D eigenvalue weighted by Crippen LogP contribution is 2.24. The molecule has 0 spiro atoms. The number of amides is 1. The lowest BCUT2D eigenvalue weighted by molar-refractivity contribution is -0.119. The van der Waals surface area contributed by atoms with Gasteiger partial charge in [-0.05, 0) is 83.3 Å². The number of hydrogen-bond acceptors (Lipinski definition) is 3. The molecule has 0 aromatic heterocycles. The molecule has 0 saturated carbocycles. The number of anilines is 1. The zero-order chi connectivity index (χ0) is 16.2. The highest BCUT2D eigenvalue weighted by molar-refractivity contribution is 14.1. The molecular weight excluding hydrogens is 405 g/mol. The summed E-state index contributed by atoms with van der Waals surface area (Å²) >= 11 is 2.12. The Labute approximate surface area is 148 Å². The Balaban J connectivity index is 1.54. The number of esters is 1. The van der Waals surface area contributed by atoms with Crippen molar-refractivity contribution in [1.29, 1.82) is 0 Å². The van der Waals surface area contributed by atoms with E-state index in [1.807, 2.05) is 18.2 Å². The van der Waals surface area contributed by atoms with Crippen LogP contribution in [0.15, 0.2) is 42.5 Å². The van der Waals surface area contributed by atoms with E-state index in [0.29, 0.717) is 5.56 Å². The number of hydrogen-bond donors (Lipinski definition) is 1. The minimum absolute atomic E-state index is 0.290. The Morgan fingerprint density at radius 1 is 1.09 bits per heavy atom. The summed E-state index contributed by atoms with van der Waals surface area (Å²) in [7, 11) is 0. The molecule has 3 rings (SSSR count). The summed E-state index contributed by atoms with van der Waals surface area (Å²) in [5.74, 6) is -0.824. The molecule has 1 N–H and O–H groups in total. The van der Waals surface area contributed by atoms with Gasteiger partial charge in [-0.15, -0.1) is 0 Å². The molecule has 2 aromatic rings. The first-order chi connectivity index (χ1) is 11.1. The topological polar surface area (TPSA) is 55.4 Å². The molecule has 0 saturated heterocycles. The summed E-state index contributed by atoms with van der Waals surface area (Å²) in [5.41, 5.74) is 3.84. The number of halogens is 1. The lowest BCUT2D eigenvalue weighted by Gasteiger charge is -2.08. The molecule has 2 aromatic carbocycles. The van der Waals surface area contributed by atoms with E-state index in [9.17, 15) is 9.59 Å². The molecule has 1 aliphatic carbocycles. The SMILES string of the molecule is O=C(COC(=O)c1cccc(I)c1)Nc1ccc2c(c1)CCC2. The third-order valence-corrected chi connectivity index (χ3v) is 4.45. The van der Waals surface area contributed by atoms with E-state index in [0.717, 1.165) is 22.1 Å². The number of ether oxygens (including phenoxy) is 1. The first kappa shape index (κ1) is 16.0. The summed E-state index contributed by atoms with van der Waals surface area (Å²) < 4.78 is 6.00. The minimum atomic E-state index is -0.493. The van der Waals surface area contributed by atoms with Crippen LogP contribution < -0.4 is 5.32 Å². The molecule has 0 fully saturated rings. The molecule has 1 aliphatic rings. The number of carbonyl (C=O) groups excluding carboxylic acids is 2. The van der Waals surface area contributed by atoms with Crippen LogP contribution in [-0.2, 0) is 22.4 Å². The predicted octanol–water partition coefficient (Wildman–Crippen LogP) is 3.58. The molecular formula is C18H16INO3. The Morgan fingerprint density at radius 3 is 2.74 bits per heavy atom. The fourth-order valence-corrected chi connectivity index (χ4v) is 3.22. The standard InChI is InChI=1S/C18H16INO3/c19-15-6-2-5-14(9-15)18(22)23-11-17(21)20-16-8-7-12-3-1-4-13(12)10-16/h2,5-10H,1,3-4,11H2,(H,20,21). The van der Waals surface area contributed by atoms with Gasteiger partial charge in [0.2, 0.25) is 0 Å². The van der Waals surface area contributed by atoms with Crippen molar-refractivity contribution in [3.05, 3.63) is 62.7 Å². The van der Waals surface area contributed by atoms with Crippen LogP contribution >= 0.6 is 22.6 Å². The first-order valence-corrected chi connectivity index (χ1v) is 8.54. The molecule has 0 radical (unpaired) electrons. The molecule has 4 nitrogen and oxygen atoms in total. The van der Waals surface area contributed by atoms with E-state index in [1.54, 1.807) is 18.2 Å². The third-order valence-electron chi connectivity index (χ3n) is 3.78. The number of benzene rings is 2. The van der Waals surface area contributed by atoms with E-state index in [1.165, 1.54) is 17.5 Å². The van der Waals surface area contributed by atoms with Gasteiger partial charge in [0.25, 0.3) is 5.91 Å². The highest BCUT2D eigenvalue weighted by atomic mass is 127. The Morgan fingerprint density at radius 2 is 1.91 bits per heavy atom. The van der Waals surface area contributed by atoms with Crippen LogP contribution in [0.5, 0.6) is 0 Å². The molecule has 23 heavy (non-hydrogen) atoms. The van der Waals surface area contributed by atoms with Gasteiger partial charge >= 0.3 is 5.97 Å². The van der Waals surface area contributed by atoms with Crippen LogP contribution in [0, 0.1) is 3.57 Å². The number of fused-ring (bicyclic) bond motifs is 1. The maximum atomic E-state index is 11.9. The van der Waals surface area contributed by atoms with Crippen molar-refractivity contribution in [1.82, 2.24) is 0 Å².